The third-order valence-corrected chi connectivity index (χ3v) is 6.51. The molecule has 1 amide bonds. The summed E-state index contributed by atoms with van der Waals surface area (Å²) in [5, 5.41) is 3.21. The maximum atomic E-state index is 11.2. The fourth-order valence-corrected chi connectivity index (χ4v) is 4.87. The molecule has 0 fully saturated rings. The van der Waals surface area contributed by atoms with E-state index in [1.165, 1.54) is 9.79 Å². The van der Waals surface area contributed by atoms with Crippen molar-refractivity contribution in [2.45, 2.75) is 15.8 Å². The van der Waals surface area contributed by atoms with Crippen LogP contribution in [0.3, 0.4) is 0 Å². The van der Waals surface area contributed by atoms with Gasteiger partial charge in [-0.25, -0.2) is 0 Å². The number of hydrogen-bond acceptors (Lipinski definition) is 5. The van der Waals surface area contributed by atoms with Crippen LogP contribution >= 0.6 is 39.6 Å². The van der Waals surface area contributed by atoms with Gasteiger partial charge < -0.3 is 15.4 Å². The summed E-state index contributed by atoms with van der Waals surface area (Å²) in [5.41, 5.74) is 10.00. The quantitative estimate of drug-likeness (QED) is 0.322. The number of fused-ring (bicyclic) bond motifs is 2. The van der Waals surface area contributed by atoms with Crippen molar-refractivity contribution >= 4 is 51.2 Å². The highest BCUT2D eigenvalue weighted by atomic mass is 79.9. The van der Waals surface area contributed by atoms with Crippen LogP contribution in [0.5, 0.6) is 0 Å². The number of rotatable bonds is 5. The maximum absolute atomic E-state index is 11.2. The van der Waals surface area contributed by atoms with Crippen molar-refractivity contribution < 1.29 is 4.79 Å². The predicted octanol–water partition coefficient (Wildman–Crippen LogP) is 3.79. The van der Waals surface area contributed by atoms with E-state index in [1.54, 1.807) is 23.7 Å². The highest BCUT2D eigenvalue weighted by Crippen LogP contribution is 2.42. The Kier molecular flexibility index (Phi) is 6.33. The minimum absolute atomic E-state index is 0.0171. The molecule has 1 unspecified atom stereocenters. The summed E-state index contributed by atoms with van der Waals surface area (Å²) in [6.07, 6.45) is 0. The number of carbonyl (C=O) groups is 1. The Bertz CT molecular complexity index is 772. The number of hydrogen-bond donors (Lipinski definition) is 2. The number of carbonyl (C=O) groups excluding carboxylic acids is 1. The molecule has 4 nitrogen and oxygen atoms in total. The van der Waals surface area contributed by atoms with Crippen molar-refractivity contribution in [3.63, 3.8) is 0 Å². The zero-order chi connectivity index (χ0) is 17.8. The Morgan fingerprint density at radius 2 is 2.12 bits per heavy atom. The molecule has 0 saturated carbocycles. The number of benzene rings is 2. The summed E-state index contributed by atoms with van der Waals surface area (Å²) in [5.74, 6) is 0.855. The first-order chi connectivity index (χ1) is 12.1. The summed E-state index contributed by atoms with van der Waals surface area (Å²) in [6, 6.07) is 14.6. The van der Waals surface area contributed by atoms with Gasteiger partial charge in [0.15, 0.2) is 0 Å². The molecule has 25 heavy (non-hydrogen) atoms. The van der Waals surface area contributed by atoms with E-state index in [9.17, 15) is 4.79 Å². The van der Waals surface area contributed by atoms with Crippen LogP contribution in [-0.2, 0) is 4.79 Å². The highest BCUT2D eigenvalue weighted by molar-refractivity contribution is 9.09. The van der Waals surface area contributed by atoms with Crippen LogP contribution in [0.2, 0.25) is 0 Å². The topological polar surface area (TPSA) is 58.4 Å². The second-order valence-electron chi connectivity index (χ2n) is 5.66. The monoisotopic (exact) mass is 437 g/mol. The van der Waals surface area contributed by atoms with Crippen molar-refractivity contribution in [1.29, 1.82) is 0 Å². The van der Waals surface area contributed by atoms with E-state index in [1.807, 2.05) is 12.1 Å². The SMILES string of the molecule is CN1Sc2cc(SCCNC(=O)CBr)ccc2C(N)c2ccccc21. The van der Waals surface area contributed by atoms with Crippen LogP contribution in [0.1, 0.15) is 17.2 Å². The number of halogens is 1. The maximum Gasteiger partial charge on any atom is 0.230 e. The summed E-state index contributed by atoms with van der Waals surface area (Å²) in [7, 11) is 2.07. The van der Waals surface area contributed by atoms with Crippen LogP contribution in [0, 0.1) is 0 Å². The summed E-state index contributed by atoms with van der Waals surface area (Å²) < 4.78 is 2.17. The number of amides is 1. The first-order valence-corrected chi connectivity index (χ1v) is 10.8. The molecule has 0 radical (unpaired) electrons. The van der Waals surface area contributed by atoms with Crippen LogP contribution in [0.25, 0.3) is 0 Å². The Morgan fingerprint density at radius 1 is 1.32 bits per heavy atom. The van der Waals surface area contributed by atoms with Crippen molar-refractivity contribution in [3.8, 4) is 0 Å². The minimum atomic E-state index is -0.124. The van der Waals surface area contributed by atoms with E-state index in [2.05, 4.69) is 62.9 Å². The van der Waals surface area contributed by atoms with Gasteiger partial charge in [0.05, 0.1) is 17.1 Å². The predicted molar refractivity (Wildman–Crippen MR) is 111 cm³/mol. The van der Waals surface area contributed by atoms with Crippen LogP contribution < -0.4 is 15.4 Å². The van der Waals surface area contributed by atoms with Crippen molar-refractivity contribution in [2.75, 3.05) is 29.0 Å². The fraction of sp³-hybridized carbons (Fsp3) is 0.278. The van der Waals surface area contributed by atoms with Gasteiger partial charge in [-0.15, -0.1) is 11.8 Å². The number of alkyl halides is 1. The van der Waals surface area contributed by atoms with Gasteiger partial charge in [0.1, 0.15) is 0 Å². The first kappa shape index (κ1) is 18.6. The van der Waals surface area contributed by atoms with Crippen molar-refractivity contribution in [1.82, 2.24) is 5.32 Å². The van der Waals surface area contributed by atoms with Gasteiger partial charge >= 0.3 is 0 Å². The molecule has 0 spiro atoms. The van der Waals surface area contributed by atoms with Gasteiger partial charge in [-0.3, -0.25) is 4.79 Å². The van der Waals surface area contributed by atoms with Gasteiger partial charge in [-0.05, 0) is 41.3 Å². The van der Waals surface area contributed by atoms with E-state index in [0.717, 1.165) is 22.6 Å². The average molecular weight is 438 g/mol. The highest BCUT2D eigenvalue weighted by Gasteiger charge is 2.23. The molecule has 2 aromatic carbocycles. The second kappa shape index (κ2) is 8.49. The molecule has 2 aromatic rings. The summed E-state index contributed by atoms with van der Waals surface area (Å²) in [6.45, 7) is 0.657. The lowest BCUT2D eigenvalue weighted by molar-refractivity contribution is -0.118. The third-order valence-electron chi connectivity index (χ3n) is 3.98. The minimum Gasteiger partial charge on any atom is -0.355 e. The molecule has 3 N–H and O–H groups in total. The van der Waals surface area contributed by atoms with Crippen LogP contribution in [0.15, 0.2) is 52.3 Å². The molecule has 1 atom stereocenters. The third kappa shape index (κ3) is 4.34. The zero-order valence-corrected chi connectivity index (χ0v) is 17.1. The molecule has 0 aliphatic carbocycles. The molecule has 1 heterocycles. The summed E-state index contributed by atoms with van der Waals surface area (Å²) in [4.78, 5) is 13.6. The molecule has 0 saturated heterocycles. The van der Waals surface area contributed by atoms with E-state index < -0.39 is 0 Å². The number of nitrogens with two attached hydrogens (primary N) is 1. The second-order valence-corrected chi connectivity index (χ2v) is 8.56. The molecule has 7 heteroatoms. The number of anilines is 1. The van der Waals surface area contributed by atoms with E-state index in [4.69, 9.17) is 5.73 Å². The van der Waals surface area contributed by atoms with E-state index in [-0.39, 0.29) is 11.9 Å². The normalized spacial score (nSPS) is 16.0. The molecular formula is C18H20BrN3OS2. The molecular weight excluding hydrogens is 418 g/mol. The standard InChI is InChI=1S/C18H20BrN3OS2/c1-22-15-5-3-2-4-13(15)18(20)14-7-6-12(10-16(14)25-22)24-9-8-21-17(23)11-19/h2-7,10,18H,8-9,11,20H2,1H3,(H,21,23). The largest absolute Gasteiger partial charge is 0.355 e. The summed E-state index contributed by atoms with van der Waals surface area (Å²) >= 11 is 6.59. The Labute approximate surface area is 165 Å². The Balaban J connectivity index is 1.75. The zero-order valence-electron chi connectivity index (χ0n) is 13.9. The smallest absolute Gasteiger partial charge is 0.230 e. The molecule has 132 valence electrons. The molecule has 3 rings (SSSR count). The van der Waals surface area contributed by atoms with E-state index >= 15 is 0 Å². The molecule has 1 aliphatic heterocycles. The fourth-order valence-electron chi connectivity index (χ4n) is 2.75. The van der Waals surface area contributed by atoms with Gasteiger partial charge in [0.2, 0.25) is 5.91 Å². The van der Waals surface area contributed by atoms with Gasteiger partial charge in [-0.2, -0.15) is 0 Å². The van der Waals surface area contributed by atoms with Crippen molar-refractivity contribution in [2.24, 2.45) is 5.73 Å². The number of para-hydroxylation sites is 1. The average Bonchev–Trinajstić information content (AvgIpc) is 2.74. The Hall–Kier alpha value is -1.15. The molecule has 0 bridgehead atoms. The lowest BCUT2D eigenvalue weighted by atomic mass is 9.98. The van der Waals surface area contributed by atoms with Crippen molar-refractivity contribution in [3.05, 3.63) is 53.6 Å². The van der Waals surface area contributed by atoms with Crippen LogP contribution in [-0.4, -0.2) is 30.6 Å². The van der Waals surface area contributed by atoms with Gasteiger partial charge in [-0.1, -0.05) is 40.2 Å². The lowest BCUT2D eigenvalue weighted by Gasteiger charge is -2.18. The number of thioether (sulfide) groups is 1. The number of nitrogens with zero attached hydrogens (tertiary/aromatic N) is 1. The number of nitrogens with one attached hydrogen (secondary N) is 1. The van der Waals surface area contributed by atoms with Gasteiger partial charge in [0, 0.05) is 29.1 Å². The van der Waals surface area contributed by atoms with Gasteiger partial charge in [0.25, 0.3) is 0 Å². The van der Waals surface area contributed by atoms with Crippen LogP contribution in [0.4, 0.5) is 5.69 Å². The molecule has 1 aliphatic rings. The Morgan fingerprint density at radius 3 is 2.92 bits per heavy atom. The lowest BCUT2D eigenvalue weighted by Crippen LogP contribution is -2.26. The molecule has 0 aromatic heterocycles. The van der Waals surface area contributed by atoms with E-state index in [0.29, 0.717) is 11.9 Å². The first-order valence-electron chi connectivity index (χ1n) is 7.95.